The summed E-state index contributed by atoms with van der Waals surface area (Å²) in [4.78, 5) is 16.0. The van der Waals surface area contributed by atoms with E-state index in [0.29, 0.717) is 25.2 Å². The molecular weight excluding hydrogens is 238 g/mol. The number of rotatable bonds is 10. The lowest BCUT2D eigenvalue weighted by Crippen LogP contribution is -2.29. The summed E-state index contributed by atoms with van der Waals surface area (Å²) >= 11 is 0. The first-order chi connectivity index (χ1) is 9.01. The number of hydrogen-bond donors (Lipinski definition) is 1. The van der Waals surface area contributed by atoms with Crippen LogP contribution in [0.25, 0.3) is 0 Å². The summed E-state index contributed by atoms with van der Waals surface area (Å²) < 4.78 is 0. The van der Waals surface area contributed by atoms with E-state index >= 15 is 0 Å². The van der Waals surface area contributed by atoms with Crippen LogP contribution >= 0.6 is 0 Å². The van der Waals surface area contributed by atoms with Crippen LogP contribution in [-0.2, 0) is 4.79 Å². The van der Waals surface area contributed by atoms with Crippen molar-refractivity contribution in [2.75, 3.05) is 40.3 Å². The van der Waals surface area contributed by atoms with Crippen molar-refractivity contribution >= 4 is 5.91 Å². The van der Waals surface area contributed by atoms with E-state index in [9.17, 15) is 4.79 Å². The summed E-state index contributed by atoms with van der Waals surface area (Å²) in [7, 11) is 4.05. The first kappa shape index (κ1) is 17.4. The molecule has 0 aromatic heterocycles. The molecule has 0 heterocycles. The van der Waals surface area contributed by atoms with Crippen molar-refractivity contribution < 1.29 is 4.79 Å². The standard InChI is InChI=1S/C15H27N3O/c1-6-10-18(11-7-2)13-14(3)15(19)16-9-8-12-17(4)5/h6-7,13H,1-2,8-12H2,3-5H3,(H,16,19). The average Bonchev–Trinajstić information content (AvgIpc) is 2.34. The maximum Gasteiger partial charge on any atom is 0.248 e. The maximum absolute atomic E-state index is 11.9. The minimum absolute atomic E-state index is 0.0168. The van der Waals surface area contributed by atoms with Crippen molar-refractivity contribution in [2.45, 2.75) is 13.3 Å². The quantitative estimate of drug-likeness (QED) is 0.370. The van der Waals surface area contributed by atoms with Crippen LogP contribution in [0, 0.1) is 0 Å². The molecule has 19 heavy (non-hydrogen) atoms. The van der Waals surface area contributed by atoms with E-state index in [-0.39, 0.29) is 5.91 Å². The summed E-state index contributed by atoms with van der Waals surface area (Å²) in [5.74, 6) is -0.0168. The fourth-order valence-corrected chi connectivity index (χ4v) is 1.58. The summed E-state index contributed by atoms with van der Waals surface area (Å²) in [6.45, 7) is 12.3. The van der Waals surface area contributed by atoms with Gasteiger partial charge in [-0.05, 0) is 34.0 Å². The van der Waals surface area contributed by atoms with Gasteiger partial charge in [-0.25, -0.2) is 0 Å². The minimum atomic E-state index is -0.0168. The Balaban J connectivity index is 4.20. The minimum Gasteiger partial charge on any atom is -0.370 e. The van der Waals surface area contributed by atoms with Crippen molar-refractivity contribution in [2.24, 2.45) is 0 Å². The topological polar surface area (TPSA) is 35.6 Å². The molecule has 0 aromatic rings. The van der Waals surface area contributed by atoms with Crippen LogP contribution in [0.3, 0.4) is 0 Å². The molecule has 4 heteroatoms. The van der Waals surface area contributed by atoms with Gasteiger partial charge in [-0.15, -0.1) is 13.2 Å². The molecule has 0 aliphatic carbocycles. The Morgan fingerprint density at radius 3 is 2.26 bits per heavy atom. The van der Waals surface area contributed by atoms with Gasteiger partial charge in [0.25, 0.3) is 0 Å². The van der Waals surface area contributed by atoms with Crippen molar-refractivity contribution in [3.8, 4) is 0 Å². The van der Waals surface area contributed by atoms with E-state index in [1.54, 1.807) is 0 Å². The third kappa shape index (κ3) is 9.08. The summed E-state index contributed by atoms with van der Waals surface area (Å²) in [5.41, 5.74) is 0.702. The number of nitrogens with one attached hydrogen (secondary N) is 1. The molecule has 0 aliphatic rings. The Morgan fingerprint density at radius 2 is 1.79 bits per heavy atom. The van der Waals surface area contributed by atoms with Crippen LogP contribution in [0.5, 0.6) is 0 Å². The van der Waals surface area contributed by atoms with E-state index < -0.39 is 0 Å². The zero-order chi connectivity index (χ0) is 14.7. The maximum atomic E-state index is 11.9. The monoisotopic (exact) mass is 265 g/mol. The fourth-order valence-electron chi connectivity index (χ4n) is 1.58. The second-order valence-corrected chi connectivity index (χ2v) is 4.76. The molecule has 0 radical (unpaired) electrons. The number of hydrogen-bond acceptors (Lipinski definition) is 3. The van der Waals surface area contributed by atoms with Crippen LogP contribution in [0.2, 0.25) is 0 Å². The van der Waals surface area contributed by atoms with Gasteiger partial charge in [-0.1, -0.05) is 12.2 Å². The van der Waals surface area contributed by atoms with E-state index in [1.807, 2.05) is 44.3 Å². The van der Waals surface area contributed by atoms with Gasteiger partial charge in [-0.2, -0.15) is 0 Å². The van der Waals surface area contributed by atoms with Crippen LogP contribution in [0.15, 0.2) is 37.1 Å². The van der Waals surface area contributed by atoms with Gasteiger partial charge in [-0.3, -0.25) is 4.79 Å². The predicted molar refractivity (Wildman–Crippen MR) is 81.9 cm³/mol. The van der Waals surface area contributed by atoms with Gasteiger partial charge < -0.3 is 15.1 Å². The van der Waals surface area contributed by atoms with Crippen LogP contribution in [-0.4, -0.2) is 56.0 Å². The molecule has 0 unspecified atom stereocenters. The Morgan fingerprint density at radius 1 is 1.21 bits per heavy atom. The molecule has 0 bridgehead atoms. The van der Waals surface area contributed by atoms with Crippen molar-refractivity contribution in [3.63, 3.8) is 0 Å². The fraction of sp³-hybridized carbons (Fsp3) is 0.533. The summed E-state index contributed by atoms with van der Waals surface area (Å²) in [5, 5.41) is 2.92. The van der Waals surface area contributed by atoms with E-state index in [0.717, 1.165) is 13.0 Å². The molecular formula is C15H27N3O. The second kappa shape index (κ2) is 10.4. The molecule has 1 N–H and O–H groups in total. The third-order valence-corrected chi connectivity index (χ3v) is 2.53. The molecule has 0 atom stereocenters. The van der Waals surface area contributed by atoms with Crippen LogP contribution in [0.4, 0.5) is 0 Å². The van der Waals surface area contributed by atoms with Gasteiger partial charge >= 0.3 is 0 Å². The number of nitrogens with zero attached hydrogens (tertiary/aromatic N) is 2. The first-order valence-corrected chi connectivity index (χ1v) is 6.58. The SMILES string of the molecule is C=CCN(C=C(C)C(=O)NCCCN(C)C)CC=C. The average molecular weight is 265 g/mol. The molecule has 0 fully saturated rings. The van der Waals surface area contributed by atoms with Crippen molar-refractivity contribution in [1.29, 1.82) is 0 Å². The predicted octanol–water partition coefficient (Wildman–Crippen LogP) is 1.63. The largest absolute Gasteiger partial charge is 0.370 e. The van der Waals surface area contributed by atoms with Crippen molar-refractivity contribution in [3.05, 3.63) is 37.1 Å². The highest BCUT2D eigenvalue weighted by atomic mass is 16.1. The number of carbonyl (C=O) groups excluding carboxylic acids is 1. The zero-order valence-electron chi connectivity index (χ0n) is 12.5. The van der Waals surface area contributed by atoms with E-state index in [2.05, 4.69) is 23.4 Å². The second-order valence-electron chi connectivity index (χ2n) is 4.76. The molecule has 108 valence electrons. The molecule has 0 rings (SSSR count). The highest BCUT2D eigenvalue weighted by Crippen LogP contribution is 1.99. The first-order valence-electron chi connectivity index (χ1n) is 6.58. The molecule has 0 spiro atoms. The molecule has 0 saturated carbocycles. The van der Waals surface area contributed by atoms with Gasteiger partial charge in [0.15, 0.2) is 0 Å². The van der Waals surface area contributed by atoms with Crippen LogP contribution in [0.1, 0.15) is 13.3 Å². The van der Waals surface area contributed by atoms with Crippen LogP contribution < -0.4 is 5.32 Å². The highest BCUT2D eigenvalue weighted by Gasteiger charge is 2.05. The highest BCUT2D eigenvalue weighted by molar-refractivity contribution is 5.92. The van der Waals surface area contributed by atoms with Gasteiger partial charge in [0.2, 0.25) is 5.91 Å². The molecule has 0 aliphatic heterocycles. The Labute approximate surface area is 117 Å². The third-order valence-electron chi connectivity index (χ3n) is 2.53. The number of amides is 1. The smallest absolute Gasteiger partial charge is 0.248 e. The molecule has 0 saturated heterocycles. The molecule has 4 nitrogen and oxygen atoms in total. The summed E-state index contributed by atoms with van der Waals surface area (Å²) in [6, 6.07) is 0. The zero-order valence-corrected chi connectivity index (χ0v) is 12.5. The normalized spacial score (nSPS) is 11.3. The molecule has 1 amide bonds. The Bertz CT molecular complexity index is 311. The lowest BCUT2D eigenvalue weighted by molar-refractivity contribution is -0.117. The molecule has 0 aromatic carbocycles. The van der Waals surface area contributed by atoms with Gasteiger partial charge in [0.05, 0.1) is 0 Å². The lowest BCUT2D eigenvalue weighted by Gasteiger charge is -2.17. The van der Waals surface area contributed by atoms with Crippen molar-refractivity contribution in [1.82, 2.24) is 15.1 Å². The summed E-state index contributed by atoms with van der Waals surface area (Å²) in [6.07, 6.45) is 6.42. The Kier molecular flexibility index (Phi) is 9.53. The van der Waals surface area contributed by atoms with E-state index in [4.69, 9.17) is 0 Å². The van der Waals surface area contributed by atoms with Gasteiger partial charge in [0, 0.05) is 31.4 Å². The number of carbonyl (C=O) groups is 1. The lowest BCUT2D eigenvalue weighted by atomic mass is 10.3. The van der Waals surface area contributed by atoms with E-state index in [1.165, 1.54) is 0 Å². The Hall–Kier alpha value is -1.55. The van der Waals surface area contributed by atoms with Gasteiger partial charge in [0.1, 0.15) is 0 Å².